The molecule has 0 saturated carbocycles. The van der Waals surface area contributed by atoms with Crippen LogP contribution in [0.15, 0.2) is 23.1 Å². The Kier molecular flexibility index (Phi) is 6.48. The average molecular weight is 388 g/mol. The van der Waals surface area contributed by atoms with Crippen LogP contribution in [0.1, 0.15) is 31.1 Å². The van der Waals surface area contributed by atoms with Gasteiger partial charge in [0.05, 0.1) is 15.5 Å². The molecular formula is C17H26ClN3O3S. The Labute approximate surface area is 155 Å². The quantitative estimate of drug-likeness (QED) is 0.776. The number of rotatable bonds is 5. The van der Waals surface area contributed by atoms with Crippen LogP contribution < -0.4 is 0 Å². The zero-order valence-electron chi connectivity index (χ0n) is 15.2. The molecule has 1 heterocycles. The highest BCUT2D eigenvalue weighted by Crippen LogP contribution is 2.25. The maximum atomic E-state index is 12.8. The minimum Gasteiger partial charge on any atom is -0.336 e. The van der Waals surface area contributed by atoms with Gasteiger partial charge >= 0.3 is 0 Å². The van der Waals surface area contributed by atoms with Gasteiger partial charge in [0.2, 0.25) is 10.0 Å². The van der Waals surface area contributed by atoms with Crippen molar-refractivity contribution in [3.8, 4) is 0 Å². The number of halogens is 1. The molecule has 0 aliphatic carbocycles. The fourth-order valence-corrected chi connectivity index (χ4v) is 4.30. The molecule has 0 spiro atoms. The first kappa shape index (κ1) is 20.2. The first-order valence-corrected chi connectivity index (χ1v) is 10.3. The monoisotopic (exact) mass is 387 g/mol. The molecule has 0 atom stereocenters. The molecule has 0 radical (unpaired) electrons. The number of nitrogens with zero attached hydrogens (tertiary/aromatic N) is 3. The van der Waals surface area contributed by atoms with Crippen molar-refractivity contribution in [1.82, 2.24) is 14.1 Å². The minimum absolute atomic E-state index is 0.0867. The third-order valence-electron chi connectivity index (χ3n) is 4.68. The van der Waals surface area contributed by atoms with Crippen molar-refractivity contribution in [2.45, 2.75) is 31.7 Å². The van der Waals surface area contributed by atoms with Crippen LogP contribution >= 0.6 is 11.6 Å². The Morgan fingerprint density at radius 2 is 1.84 bits per heavy atom. The molecule has 0 unspecified atom stereocenters. The number of sulfonamides is 1. The fourth-order valence-electron chi connectivity index (χ4n) is 2.71. The van der Waals surface area contributed by atoms with E-state index >= 15 is 0 Å². The number of hydrogen-bond donors (Lipinski definition) is 0. The Hall–Kier alpha value is -1.15. The lowest BCUT2D eigenvalue weighted by Gasteiger charge is -2.34. The molecular weight excluding hydrogens is 362 g/mol. The standard InChI is InChI=1S/C17H26ClN3O3S/c1-5-20-8-10-21(11-9-20)17(22)15-12-14(6-7-16(15)18)25(23,24)19(4)13(2)3/h6-7,12-13H,5,8-11H2,1-4H3. The topological polar surface area (TPSA) is 60.9 Å². The lowest BCUT2D eigenvalue weighted by Crippen LogP contribution is -2.48. The molecule has 25 heavy (non-hydrogen) atoms. The van der Waals surface area contributed by atoms with Gasteiger partial charge in [0.1, 0.15) is 0 Å². The SMILES string of the molecule is CCN1CCN(C(=O)c2cc(S(=O)(=O)N(C)C(C)C)ccc2Cl)CC1. The fraction of sp³-hybridized carbons (Fsp3) is 0.588. The summed E-state index contributed by atoms with van der Waals surface area (Å²) in [6, 6.07) is 4.15. The van der Waals surface area contributed by atoms with Gasteiger partial charge in [-0.25, -0.2) is 8.42 Å². The molecule has 0 aromatic heterocycles. The molecule has 0 N–H and O–H groups in total. The zero-order valence-corrected chi connectivity index (χ0v) is 16.8. The number of benzene rings is 1. The summed E-state index contributed by atoms with van der Waals surface area (Å²) in [5.41, 5.74) is 0.241. The summed E-state index contributed by atoms with van der Waals surface area (Å²) in [6.45, 7) is 9.51. The molecule has 1 amide bonds. The largest absolute Gasteiger partial charge is 0.336 e. The molecule has 1 aliphatic rings. The molecule has 6 nitrogen and oxygen atoms in total. The van der Waals surface area contributed by atoms with E-state index < -0.39 is 10.0 Å². The Bertz CT molecular complexity index is 729. The van der Waals surface area contributed by atoms with Crippen molar-refractivity contribution >= 4 is 27.5 Å². The van der Waals surface area contributed by atoms with E-state index in [1.807, 2.05) is 0 Å². The van der Waals surface area contributed by atoms with Gasteiger partial charge in [-0.2, -0.15) is 4.31 Å². The van der Waals surface area contributed by atoms with Crippen molar-refractivity contribution in [3.05, 3.63) is 28.8 Å². The summed E-state index contributed by atoms with van der Waals surface area (Å²) in [6.07, 6.45) is 0. The normalized spacial score (nSPS) is 16.7. The Balaban J connectivity index is 2.29. The third kappa shape index (κ3) is 4.34. The van der Waals surface area contributed by atoms with Crippen molar-refractivity contribution in [1.29, 1.82) is 0 Å². The second kappa shape index (κ2) is 8.03. The van der Waals surface area contributed by atoms with Crippen LogP contribution in [-0.4, -0.2) is 74.2 Å². The summed E-state index contributed by atoms with van der Waals surface area (Å²) < 4.78 is 26.6. The molecule has 1 saturated heterocycles. The van der Waals surface area contributed by atoms with E-state index in [1.54, 1.807) is 18.7 Å². The molecule has 1 aromatic rings. The van der Waals surface area contributed by atoms with Crippen LogP contribution in [0.2, 0.25) is 5.02 Å². The van der Waals surface area contributed by atoms with Gasteiger partial charge in [-0.15, -0.1) is 0 Å². The molecule has 1 aromatic carbocycles. The number of amides is 1. The number of carbonyl (C=O) groups is 1. The van der Waals surface area contributed by atoms with E-state index in [9.17, 15) is 13.2 Å². The molecule has 8 heteroatoms. The van der Waals surface area contributed by atoms with E-state index in [4.69, 9.17) is 11.6 Å². The average Bonchev–Trinajstić information content (AvgIpc) is 2.60. The van der Waals surface area contributed by atoms with Crippen LogP contribution in [0.3, 0.4) is 0 Å². The van der Waals surface area contributed by atoms with Gasteiger partial charge in [0, 0.05) is 39.3 Å². The summed E-state index contributed by atoms with van der Waals surface area (Å²) in [5.74, 6) is -0.218. The highest BCUT2D eigenvalue weighted by Gasteiger charge is 2.27. The van der Waals surface area contributed by atoms with E-state index in [0.717, 1.165) is 19.6 Å². The van der Waals surface area contributed by atoms with Crippen molar-refractivity contribution in [2.75, 3.05) is 39.8 Å². The highest BCUT2D eigenvalue weighted by atomic mass is 35.5. The number of carbonyl (C=O) groups excluding carboxylic acids is 1. The van der Waals surface area contributed by atoms with E-state index in [1.165, 1.54) is 29.6 Å². The molecule has 1 aliphatic heterocycles. The van der Waals surface area contributed by atoms with Crippen LogP contribution in [0.4, 0.5) is 0 Å². The zero-order chi connectivity index (χ0) is 18.8. The van der Waals surface area contributed by atoms with Gasteiger partial charge in [0.25, 0.3) is 5.91 Å². The first-order valence-electron chi connectivity index (χ1n) is 8.47. The van der Waals surface area contributed by atoms with E-state index in [-0.39, 0.29) is 27.4 Å². The first-order chi connectivity index (χ1) is 11.7. The maximum Gasteiger partial charge on any atom is 0.255 e. The number of piperazine rings is 1. The summed E-state index contributed by atoms with van der Waals surface area (Å²) >= 11 is 6.19. The Morgan fingerprint density at radius 3 is 2.36 bits per heavy atom. The second-order valence-corrected chi connectivity index (χ2v) is 8.89. The lowest BCUT2D eigenvalue weighted by atomic mass is 10.2. The second-order valence-electron chi connectivity index (χ2n) is 6.48. The third-order valence-corrected chi connectivity index (χ3v) is 7.04. The van der Waals surface area contributed by atoms with Crippen molar-refractivity contribution in [2.24, 2.45) is 0 Å². The lowest BCUT2D eigenvalue weighted by molar-refractivity contribution is 0.0643. The van der Waals surface area contributed by atoms with Gasteiger partial charge < -0.3 is 9.80 Å². The molecule has 0 bridgehead atoms. The van der Waals surface area contributed by atoms with Crippen molar-refractivity contribution < 1.29 is 13.2 Å². The number of likely N-dealkylation sites (N-methyl/N-ethyl adjacent to an activating group) is 1. The highest BCUT2D eigenvalue weighted by molar-refractivity contribution is 7.89. The smallest absolute Gasteiger partial charge is 0.255 e. The van der Waals surface area contributed by atoms with Gasteiger partial charge in [0.15, 0.2) is 0 Å². The van der Waals surface area contributed by atoms with Gasteiger partial charge in [-0.05, 0) is 38.6 Å². The molecule has 140 valence electrons. The van der Waals surface area contributed by atoms with Crippen LogP contribution in [0, 0.1) is 0 Å². The summed E-state index contributed by atoms with van der Waals surface area (Å²) in [7, 11) is -2.13. The van der Waals surface area contributed by atoms with Crippen molar-refractivity contribution in [3.63, 3.8) is 0 Å². The molecule has 2 rings (SSSR count). The summed E-state index contributed by atoms with van der Waals surface area (Å²) in [5, 5.41) is 0.272. The van der Waals surface area contributed by atoms with Crippen LogP contribution in [0.25, 0.3) is 0 Å². The minimum atomic E-state index is -3.66. The predicted octanol–water partition coefficient (Wildman–Crippen LogP) is 2.15. The van der Waals surface area contributed by atoms with E-state index in [2.05, 4.69) is 11.8 Å². The van der Waals surface area contributed by atoms with E-state index in [0.29, 0.717) is 13.1 Å². The number of hydrogen-bond acceptors (Lipinski definition) is 4. The molecule has 1 fully saturated rings. The van der Waals surface area contributed by atoms with Crippen LogP contribution in [0.5, 0.6) is 0 Å². The summed E-state index contributed by atoms with van der Waals surface area (Å²) in [4.78, 5) is 16.9. The van der Waals surface area contributed by atoms with Gasteiger partial charge in [-0.1, -0.05) is 18.5 Å². The maximum absolute atomic E-state index is 12.8. The van der Waals surface area contributed by atoms with Crippen LogP contribution in [-0.2, 0) is 10.0 Å². The van der Waals surface area contributed by atoms with Gasteiger partial charge in [-0.3, -0.25) is 4.79 Å². The Morgan fingerprint density at radius 1 is 1.24 bits per heavy atom. The predicted molar refractivity (Wildman–Crippen MR) is 99.6 cm³/mol.